The van der Waals surface area contributed by atoms with Gasteiger partial charge in [-0.05, 0) is 49.9 Å². The standard InChI is InChI=1S/C13H17NO4/c15-10-3-1-9(2-4-10)14-13(17)18-12-7-5-11(16)6-8-12/h1-4,11-12,15-16H,5-8H2,(H,14,17). The number of hydrogen-bond acceptors (Lipinski definition) is 4. The van der Waals surface area contributed by atoms with E-state index in [1.165, 1.54) is 12.1 Å². The molecule has 0 saturated heterocycles. The van der Waals surface area contributed by atoms with Crippen molar-refractivity contribution in [2.24, 2.45) is 0 Å². The maximum Gasteiger partial charge on any atom is 0.411 e. The average Bonchev–Trinajstić information content (AvgIpc) is 2.35. The molecule has 98 valence electrons. The first kappa shape index (κ1) is 12.7. The molecular weight excluding hydrogens is 234 g/mol. The Morgan fingerprint density at radius 1 is 1.17 bits per heavy atom. The highest BCUT2D eigenvalue weighted by molar-refractivity contribution is 5.84. The van der Waals surface area contributed by atoms with Crippen LogP contribution in [0, 0.1) is 0 Å². The summed E-state index contributed by atoms with van der Waals surface area (Å²) in [5, 5.41) is 21.0. The van der Waals surface area contributed by atoms with Crippen LogP contribution in [0.15, 0.2) is 24.3 Å². The molecule has 5 nitrogen and oxygen atoms in total. The number of carbonyl (C=O) groups excluding carboxylic acids is 1. The highest BCUT2D eigenvalue weighted by atomic mass is 16.6. The smallest absolute Gasteiger partial charge is 0.411 e. The Labute approximate surface area is 105 Å². The molecule has 0 aromatic heterocycles. The summed E-state index contributed by atoms with van der Waals surface area (Å²) in [6.07, 6.45) is 1.88. The number of aromatic hydroxyl groups is 1. The molecule has 1 aromatic rings. The van der Waals surface area contributed by atoms with Gasteiger partial charge in [0.1, 0.15) is 11.9 Å². The van der Waals surface area contributed by atoms with Gasteiger partial charge in [-0.3, -0.25) is 5.32 Å². The molecule has 2 rings (SSSR count). The summed E-state index contributed by atoms with van der Waals surface area (Å²) in [7, 11) is 0. The lowest BCUT2D eigenvalue weighted by atomic mass is 9.95. The summed E-state index contributed by atoms with van der Waals surface area (Å²) in [5.74, 6) is 0.148. The van der Waals surface area contributed by atoms with E-state index in [0.29, 0.717) is 31.4 Å². The van der Waals surface area contributed by atoms with E-state index in [9.17, 15) is 9.90 Å². The Bertz CT molecular complexity index is 396. The van der Waals surface area contributed by atoms with Gasteiger partial charge in [0.15, 0.2) is 0 Å². The highest BCUT2D eigenvalue weighted by Gasteiger charge is 2.22. The van der Waals surface area contributed by atoms with Crippen LogP contribution in [0.1, 0.15) is 25.7 Å². The van der Waals surface area contributed by atoms with Crippen molar-refractivity contribution in [3.05, 3.63) is 24.3 Å². The topological polar surface area (TPSA) is 78.8 Å². The van der Waals surface area contributed by atoms with E-state index in [1.807, 2.05) is 0 Å². The number of aliphatic hydroxyl groups excluding tert-OH is 1. The summed E-state index contributed by atoms with van der Waals surface area (Å²) >= 11 is 0. The zero-order chi connectivity index (χ0) is 13.0. The molecule has 18 heavy (non-hydrogen) atoms. The number of anilines is 1. The van der Waals surface area contributed by atoms with E-state index in [2.05, 4.69) is 5.32 Å². The summed E-state index contributed by atoms with van der Waals surface area (Å²) in [6.45, 7) is 0. The van der Waals surface area contributed by atoms with Gasteiger partial charge in [-0.15, -0.1) is 0 Å². The molecule has 5 heteroatoms. The third kappa shape index (κ3) is 3.63. The summed E-state index contributed by atoms with van der Waals surface area (Å²) < 4.78 is 5.25. The molecule has 0 heterocycles. The lowest BCUT2D eigenvalue weighted by Crippen LogP contribution is -2.28. The molecule has 1 aliphatic rings. The van der Waals surface area contributed by atoms with Crippen LogP contribution in [0.4, 0.5) is 10.5 Å². The van der Waals surface area contributed by atoms with Crippen LogP contribution < -0.4 is 5.32 Å². The van der Waals surface area contributed by atoms with Crippen molar-refractivity contribution < 1.29 is 19.7 Å². The third-order valence-electron chi connectivity index (χ3n) is 3.03. The second-order valence-electron chi connectivity index (χ2n) is 4.51. The number of aliphatic hydroxyl groups is 1. The molecule has 1 fully saturated rings. The molecule has 1 aliphatic carbocycles. The largest absolute Gasteiger partial charge is 0.508 e. The van der Waals surface area contributed by atoms with Crippen molar-refractivity contribution in [3.8, 4) is 5.75 Å². The summed E-state index contributed by atoms with van der Waals surface area (Å²) in [6, 6.07) is 6.18. The Hall–Kier alpha value is -1.75. The Kier molecular flexibility index (Phi) is 4.04. The lowest BCUT2D eigenvalue weighted by Gasteiger charge is -2.25. The number of benzene rings is 1. The fraction of sp³-hybridized carbons (Fsp3) is 0.462. The molecule has 1 aromatic carbocycles. The van der Waals surface area contributed by atoms with Crippen LogP contribution >= 0.6 is 0 Å². The number of carbonyl (C=O) groups is 1. The number of amides is 1. The second kappa shape index (κ2) is 5.73. The summed E-state index contributed by atoms with van der Waals surface area (Å²) in [5.41, 5.74) is 0.577. The Balaban J connectivity index is 1.80. The van der Waals surface area contributed by atoms with Gasteiger partial charge in [-0.25, -0.2) is 4.79 Å². The van der Waals surface area contributed by atoms with Crippen molar-refractivity contribution in [1.29, 1.82) is 0 Å². The molecule has 1 amide bonds. The molecule has 0 aliphatic heterocycles. The number of phenols is 1. The van der Waals surface area contributed by atoms with Crippen molar-refractivity contribution >= 4 is 11.8 Å². The van der Waals surface area contributed by atoms with Gasteiger partial charge in [0, 0.05) is 5.69 Å². The van der Waals surface area contributed by atoms with E-state index in [4.69, 9.17) is 9.84 Å². The predicted octanol–water partition coefficient (Wildman–Crippen LogP) is 2.24. The second-order valence-corrected chi connectivity index (χ2v) is 4.51. The predicted molar refractivity (Wildman–Crippen MR) is 66.5 cm³/mol. The van der Waals surface area contributed by atoms with Gasteiger partial charge >= 0.3 is 6.09 Å². The van der Waals surface area contributed by atoms with Crippen LogP contribution in [0.3, 0.4) is 0 Å². The monoisotopic (exact) mass is 251 g/mol. The lowest BCUT2D eigenvalue weighted by molar-refractivity contribution is 0.0401. The highest BCUT2D eigenvalue weighted by Crippen LogP contribution is 2.21. The maximum absolute atomic E-state index is 11.6. The van der Waals surface area contributed by atoms with Gasteiger partial charge in [-0.1, -0.05) is 0 Å². The first-order valence-electron chi connectivity index (χ1n) is 6.08. The minimum atomic E-state index is -0.498. The van der Waals surface area contributed by atoms with Crippen molar-refractivity contribution in [2.45, 2.75) is 37.9 Å². The number of hydrogen-bond donors (Lipinski definition) is 3. The van der Waals surface area contributed by atoms with E-state index >= 15 is 0 Å². The SMILES string of the molecule is O=C(Nc1ccc(O)cc1)OC1CCC(O)CC1. The normalized spacial score (nSPS) is 23.4. The fourth-order valence-electron chi connectivity index (χ4n) is 2.01. The van der Waals surface area contributed by atoms with E-state index in [-0.39, 0.29) is 18.0 Å². The van der Waals surface area contributed by atoms with Crippen molar-refractivity contribution in [2.75, 3.05) is 5.32 Å². The fourth-order valence-corrected chi connectivity index (χ4v) is 2.01. The minimum Gasteiger partial charge on any atom is -0.508 e. The molecular formula is C13H17NO4. The van der Waals surface area contributed by atoms with Gasteiger partial charge in [0.25, 0.3) is 0 Å². The Morgan fingerprint density at radius 3 is 2.39 bits per heavy atom. The molecule has 0 radical (unpaired) electrons. The van der Waals surface area contributed by atoms with E-state index in [0.717, 1.165) is 0 Å². The van der Waals surface area contributed by atoms with Crippen LogP contribution in [0.2, 0.25) is 0 Å². The molecule has 0 unspecified atom stereocenters. The molecule has 1 saturated carbocycles. The van der Waals surface area contributed by atoms with Crippen molar-refractivity contribution in [1.82, 2.24) is 0 Å². The van der Waals surface area contributed by atoms with Crippen LogP contribution in [-0.4, -0.2) is 28.5 Å². The molecule has 0 spiro atoms. The van der Waals surface area contributed by atoms with E-state index in [1.54, 1.807) is 12.1 Å². The Morgan fingerprint density at radius 2 is 1.78 bits per heavy atom. The number of rotatable bonds is 2. The number of ether oxygens (including phenoxy) is 1. The maximum atomic E-state index is 11.6. The average molecular weight is 251 g/mol. The van der Waals surface area contributed by atoms with E-state index < -0.39 is 6.09 Å². The molecule has 0 atom stereocenters. The quantitative estimate of drug-likeness (QED) is 0.704. The minimum absolute atomic E-state index is 0.120. The van der Waals surface area contributed by atoms with Crippen LogP contribution in [-0.2, 0) is 4.74 Å². The molecule has 0 bridgehead atoms. The van der Waals surface area contributed by atoms with Gasteiger partial charge < -0.3 is 14.9 Å². The molecule has 3 N–H and O–H groups in total. The number of phenolic OH excluding ortho intramolecular Hbond substituents is 1. The van der Waals surface area contributed by atoms with Crippen LogP contribution in [0.25, 0.3) is 0 Å². The van der Waals surface area contributed by atoms with Crippen LogP contribution in [0.5, 0.6) is 5.75 Å². The first-order chi connectivity index (χ1) is 8.63. The van der Waals surface area contributed by atoms with Gasteiger partial charge in [-0.2, -0.15) is 0 Å². The number of nitrogens with one attached hydrogen (secondary N) is 1. The zero-order valence-electron chi connectivity index (χ0n) is 10.0. The van der Waals surface area contributed by atoms with Gasteiger partial charge in [0.05, 0.1) is 6.10 Å². The third-order valence-corrected chi connectivity index (χ3v) is 3.03. The summed E-state index contributed by atoms with van der Waals surface area (Å²) in [4.78, 5) is 11.6. The zero-order valence-corrected chi connectivity index (χ0v) is 10.0. The first-order valence-corrected chi connectivity index (χ1v) is 6.08. The van der Waals surface area contributed by atoms with Crippen molar-refractivity contribution in [3.63, 3.8) is 0 Å². The van der Waals surface area contributed by atoms with Gasteiger partial charge in [0.2, 0.25) is 0 Å².